The summed E-state index contributed by atoms with van der Waals surface area (Å²) in [6.07, 6.45) is 9.47. The summed E-state index contributed by atoms with van der Waals surface area (Å²) in [6, 6.07) is 9.87. The van der Waals surface area contributed by atoms with Crippen LogP contribution >= 0.6 is 22.6 Å². The number of rotatable bonds is 7. The van der Waals surface area contributed by atoms with Crippen LogP contribution in [-0.2, 0) is 6.42 Å². The number of hydrogen-bond acceptors (Lipinski definition) is 1. The lowest BCUT2D eigenvalue weighted by molar-refractivity contribution is 0.194. The fourth-order valence-electron chi connectivity index (χ4n) is 3.78. The van der Waals surface area contributed by atoms with Gasteiger partial charge in [-0.2, -0.15) is 0 Å². The van der Waals surface area contributed by atoms with Gasteiger partial charge >= 0.3 is 0 Å². The van der Waals surface area contributed by atoms with Crippen molar-refractivity contribution in [2.45, 2.75) is 64.8 Å². The van der Waals surface area contributed by atoms with Crippen LogP contribution in [0.5, 0.6) is 0 Å². The molecule has 1 aliphatic rings. The molecule has 0 heterocycles. The van der Waals surface area contributed by atoms with Crippen LogP contribution < -0.4 is 5.32 Å². The van der Waals surface area contributed by atoms with Gasteiger partial charge in [-0.05, 0) is 90.8 Å². The summed E-state index contributed by atoms with van der Waals surface area (Å²) < 4.78 is 1.34. The number of benzene rings is 1. The van der Waals surface area contributed by atoms with E-state index in [0.717, 1.165) is 17.9 Å². The molecule has 0 aliphatic heterocycles. The molecular weight excluding hydrogens is 369 g/mol. The predicted molar refractivity (Wildman–Crippen MR) is 101 cm³/mol. The van der Waals surface area contributed by atoms with Gasteiger partial charge in [0.2, 0.25) is 0 Å². The van der Waals surface area contributed by atoms with Crippen LogP contribution in [0.25, 0.3) is 0 Å². The summed E-state index contributed by atoms with van der Waals surface area (Å²) in [5.74, 6) is 1.78. The van der Waals surface area contributed by atoms with Gasteiger partial charge in [-0.3, -0.25) is 0 Å². The van der Waals surface area contributed by atoms with E-state index in [1.54, 1.807) is 0 Å². The van der Waals surface area contributed by atoms with Crippen molar-refractivity contribution in [2.24, 2.45) is 11.8 Å². The zero-order valence-electron chi connectivity index (χ0n) is 13.6. The van der Waals surface area contributed by atoms with Crippen molar-refractivity contribution in [3.63, 3.8) is 0 Å². The molecule has 21 heavy (non-hydrogen) atoms. The van der Waals surface area contributed by atoms with Crippen LogP contribution in [0, 0.1) is 15.4 Å². The third-order valence-electron chi connectivity index (χ3n) is 4.86. The van der Waals surface area contributed by atoms with Crippen molar-refractivity contribution in [1.82, 2.24) is 5.32 Å². The highest BCUT2D eigenvalue weighted by Crippen LogP contribution is 2.34. The molecule has 1 saturated carbocycles. The van der Waals surface area contributed by atoms with E-state index in [2.05, 4.69) is 66.0 Å². The third kappa shape index (κ3) is 5.55. The van der Waals surface area contributed by atoms with Crippen LogP contribution in [0.15, 0.2) is 24.3 Å². The van der Waals surface area contributed by atoms with Crippen LogP contribution in [0.1, 0.15) is 57.9 Å². The molecule has 1 aromatic carbocycles. The highest BCUT2D eigenvalue weighted by Gasteiger charge is 2.29. The highest BCUT2D eigenvalue weighted by molar-refractivity contribution is 14.1. The molecule has 1 aliphatic carbocycles. The molecule has 0 aromatic heterocycles. The molecule has 2 heteroatoms. The Morgan fingerprint density at radius 2 is 1.86 bits per heavy atom. The Labute approximate surface area is 144 Å². The van der Waals surface area contributed by atoms with Gasteiger partial charge in [0.15, 0.2) is 0 Å². The Hall–Kier alpha value is -0.0900. The molecule has 3 atom stereocenters. The Morgan fingerprint density at radius 3 is 2.52 bits per heavy atom. The molecule has 1 fully saturated rings. The normalized spacial score (nSPS) is 26.0. The monoisotopic (exact) mass is 399 g/mol. The number of hydrogen-bond donors (Lipinski definition) is 1. The van der Waals surface area contributed by atoms with Crippen molar-refractivity contribution in [1.29, 1.82) is 0 Å². The van der Waals surface area contributed by atoms with Crippen LogP contribution in [0.2, 0.25) is 0 Å². The zero-order chi connectivity index (χ0) is 15.1. The smallest absolute Gasteiger partial charge is 0.0130 e. The van der Waals surface area contributed by atoms with E-state index in [1.807, 2.05) is 0 Å². The summed E-state index contributed by atoms with van der Waals surface area (Å²) >= 11 is 2.39. The second-order valence-corrected chi connectivity index (χ2v) is 7.86. The first-order chi connectivity index (χ1) is 10.2. The fourth-order valence-corrected chi connectivity index (χ4v) is 4.14. The van der Waals surface area contributed by atoms with E-state index >= 15 is 0 Å². The van der Waals surface area contributed by atoms with E-state index in [-0.39, 0.29) is 0 Å². The van der Waals surface area contributed by atoms with Gasteiger partial charge < -0.3 is 5.32 Å². The second kappa shape index (κ2) is 9.14. The van der Waals surface area contributed by atoms with Crippen molar-refractivity contribution >= 4 is 22.6 Å². The molecule has 1 nitrogen and oxygen atoms in total. The van der Waals surface area contributed by atoms with Crippen LogP contribution in [0.4, 0.5) is 0 Å². The van der Waals surface area contributed by atoms with Crippen molar-refractivity contribution in [3.05, 3.63) is 33.4 Å². The minimum atomic E-state index is 0.734. The average Bonchev–Trinajstić information content (AvgIpc) is 2.49. The molecule has 118 valence electrons. The van der Waals surface area contributed by atoms with Gasteiger partial charge in [-0.15, -0.1) is 0 Å². The van der Waals surface area contributed by atoms with Crippen LogP contribution in [0.3, 0.4) is 0 Å². The summed E-state index contributed by atoms with van der Waals surface area (Å²) in [7, 11) is 0. The summed E-state index contributed by atoms with van der Waals surface area (Å²) in [5, 5.41) is 3.81. The minimum Gasteiger partial charge on any atom is -0.314 e. The molecule has 0 radical (unpaired) electrons. The van der Waals surface area contributed by atoms with E-state index in [4.69, 9.17) is 0 Å². The van der Waals surface area contributed by atoms with Gasteiger partial charge in [0, 0.05) is 9.61 Å². The topological polar surface area (TPSA) is 12.0 Å². The predicted octanol–water partition coefficient (Wildman–Crippen LogP) is 5.42. The molecule has 1 aromatic rings. The third-order valence-corrected chi connectivity index (χ3v) is 5.57. The molecular formula is C19H30IN. The standard InChI is InChI=1S/C19H30IN/c1-3-5-15-8-11-19(21-12-4-2)17(13-15)14-16-6-9-18(20)10-7-16/h6-7,9-10,15,17,19,21H,3-5,8,11-14H2,1-2H3. The molecule has 0 saturated heterocycles. The maximum Gasteiger partial charge on any atom is 0.0130 e. The largest absolute Gasteiger partial charge is 0.314 e. The summed E-state index contributed by atoms with van der Waals surface area (Å²) in [6.45, 7) is 5.77. The molecule has 2 rings (SSSR count). The van der Waals surface area contributed by atoms with E-state index in [1.165, 1.54) is 60.6 Å². The quantitative estimate of drug-likeness (QED) is 0.604. The van der Waals surface area contributed by atoms with Crippen molar-refractivity contribution in [2.75, 3.05) is 6.54 Å². The van der Waals surface area contributed by atoms with E-state index < -0.39 is 0 Å². The fraction of sp³-hybridized carbons (Fsp3) is 0.684. The molecule has 0 amide bonds. The van der Waals surface area contributed by atoms with Crippen molar-refractivity contribution < 1.29 is 0 Å². The minimum absolute atomic E-state index is 0.734. The molecule has 0 bridgehead atoms. The maximum atomic E-state index is 3.81. The number of nitrogens with one attached hydrogen (secondary N) is 1. The average molecular weight is 399 g/mol. The Morgan fingerprint density at radius 1 is 1.10 bits per heavy atom. The van der Waals surface area contributed by atoms with Crippen molar-refractivity contribution in [3.8, 4) is 0 Å². The molecule has 0 spiro atoms. The van der Waals surface area contributed by atoms with E-state index in [9.17, 15) is 0 Å². The van der Waals surface area contributed by atoms with Gasteiger partial charge in [0.05, 0.1) is 0 Å². The Kier molecular flexibility index (Phi) is 7.51. The lowest BCUT2D eigenvalue weighted by atomic mass is 9.74. The Balaban J connectivity index is 1.99. The molecule has 3 unspecified atom stereocenters. The summed E-state index contributed by atoms with van der Waals surface area (Å²) in [5.41, 5.74) is 1.51. The lowest BCUT2D eigenvalue weighted by Gasteiger charge is -2.37. The number of halogens is 1. The van der Waals surface area contributed by atoms with Gasteiger partial charge in [0.1, 0.15) is 0 Å². The van der Waals surface area contributed by atoms with Crippen LogP contribution in [-0.4, -0.2) is 12.6 Å². The maximum absolute atomic E-state index is 3.81. The first-order valence-corrected chi connectivity index (χ1v) is 9.78. The van der Waals surface area contributed by atoms with Gasteiger partial charge in [0.25, 0.3) is 0 Å². The summed E-state index contributed by atoms with van der Waals surface area (Å²) in [4.78, 5) is 0. The first kappa shape index (κ1) is 17.3. The molecule has 1 N–H and O–H groups in total. The SMILES string of the molecule is CCCNC1CCC(CCC)CC1Cc1ccc(I)cc1. The Bertz CT molecular complexity index is 401. The van der Waals surface area contributed by atoms with Gasteiger partial charge in [-0.1, -0.05) is 38.8 Å². The zero-order valence-corrected chi connectivity index (χ0v) is 15.7. The van der Waals surface area contributed by atoms with Gasteiger partial charge in [-0.25, -0.2) is 0 Å². The van der Waals surface area contributed by atoms with E-state index in [0.29, 0.717) is 0 Å². The lowest BCUT2D eigenvalue weighted by Crippen LogP contribution is -2.42. The highest BCUT2D eigenvalue weighted by atomic mass is 127. The second-order valence-electron chi connectivity index (χ2n) is 6.62. The first-order valence-electron chi connectivity index (χ1n) is 8.70.